The lowest BCUT2D eigenvalue weighted by Crippen LogP contribution is -2.38. The number of hydrogen-bond donors (Lipinski definition) is 2. The molecule has 1 aliphatic rings. The van der Waals surface area contributed by atoms with E-state index < -0.39 is 0 Å². The van der Waals surface area contributed by atoms with Crippen LogP contribution < -0.4 is 5.32 Å². The van der Waals surface area contributed by atoms with Crippen molar-refractivity contribution >= 4 is 12.0 Å². The van der Waals surface area contributed by atoms with Crippen LogP contribution >= 0.6 is 0 Å². The van der Waals surface area contributed by atoms with Gasteiger partial charge in [-0.15, -0.1) is 0 Å². The third kappa shape index (κ3) is 3.43. The van der Waals surface area contributed by atoms with Crippen molar-refractivity contribution in [2.45, 2.75) is 31.4 Å². The Balaban J connectivity index is 1.87. The fraction of sp³-hybridized carbons (Fsp3) is 0.357. The molecule has 0 aromatic heterocycles. The molecule has 0 aliphatic heterocycles. The van der Waals surface area contributed by atoms with E-state index in [-0.39, 0.29) is 18.1 Å². The molecule has 0 unspecified atom stereocenters. The molecule has 0 radical (unpaired) electrons. The van der Waals surface area contributed by atoms with Crippen molar-refractivity contribution in [3.05, 3.63) is 42.0 Å². The lowest BCUT2D eigenvalue weighted by molar-refractivity contribution is -0.117. The summed E-state index contributed by atoms with van der Waals surface area (Å²) in [6.45, 7) is 0. The maximum Gasteiger partial charge on any atom is 0.244 e. The maximum absolute atomic E-state index is 11.6. The molecule has 0 bridgehead atoms. The molecule has 1 aliphatic carbocycles. The van der Waals surface area contributed by atoms with Crippen molar-refractivity contribution in [1.29, 1.82) is 0 Å². The molecule has 1 fully saturated rings. The second kappa shape index (κ2) is 5.64. The molecule has 0 heterocycles. The summed E-state index contributed by atoms with van der Waals surface area (Å²) in [5, 5.41) is 12.4. The molecule has 17 heavy (non-hydrogen) atoms. The van der Waals surface area contributed by atoms with Crippen molar-refractivity contribution in [3.63, 3.8) is 0 Å². The Labute approximate surface area is 101 Å². The monoisotopic (exact) mass is 231 g/mol. The predicted octanol–water partition coefficient (Wildman–Crippen LogP) is 1.73. The summed E-state index contributed by atoms with van der Waals surface area (Å²) in [5.74, 6) is -0.139. The molecule has 1 aromatic rings. The van der Waals surface area contributed by atoms with Gasteiger partial charge in [-0.1, -0.05) is 30.3 Å². The smallest absolute Gasteiger partial charge is 0.244 e. The van der Waals surface area contributed by atoms with Crippen LogP contribution in [0.2, 0.25) is 0 Å². The summed E-state index contributed by atoms with van der Waals surface area (Å²) in [4.78, 5) is 11.6. The van der Waals surface area contributed by atoms with Crippen LogP contribution in [0.25, 0.3) is 6.08 Å². The predicted molar refractivity (Wildman–Crippen MR) is 67.3 cm³/mol. The SMILES string of the molecule is O=C(/C=C/c1ccccc1)N[C@@H]1CCC[C@@H]1O. The van der Waals surface area contributed by atoms with Crippen molar-refractivity contribution in [2.75, 3.05) is 0 Å². The number of rotatable bonds is 3. The average molecular weight is 231 g/mol. The number of aliphatic hydroxyl groups excluding tert-OH is 1. The highest BCUT2D eigenvalue weighted by Gasteiger charge is 2.25. The Kier molecular flexibility index (Phi) is 3.94. The van der Waals surface area contributed by atoms with E-state index in [2.05, 4.69) is 5.32 Å². The van der Waals surface area contributed by atoms with Crippen LogP contribution in [0.15, 0.2) is 36.4 Å². The lowest BCUT2D eigenvalue weighted by Gasteiger charge is -2.14. The van der Waals surface area contributed by atoms with Gasteiger partial charge in [0, 0.05) is 6.08 Å². The molecule has 90 valence electrons. The average Bonchev–Trinajstić information content (AvgIpc) is 2.74. The maximum atomic E-state index is 11.6. The highest BCUT2D eigenvalue weighted by molar-refractivity contribution is 5.91. The Morgan fingerprint density at radius 2 is 2.06 bits per heavy atom. The van der Waals surface area contributed by atoms with Crippen molar-refractivity contribution in [3.8, 4) is 0 Å². The fourth-order valence-corrected chi connectivity index (χ4v) is 2.08. The van der Waals surface area contributed by atoms with Gasteiger partial charge in [-0.05, 0) is 30.9 Å². The van der Waals surface area contributed by atoms with E-state index in [0.29, 0.717) is 0 Å². The van der Waals surface area contributed by atoms with Crippen molar-refractivity contribution < 1.29 is 9.90 Å². The summed E-state index contributed by atoms with van der Waals surface area (Å²) in [6, 6.07) is 9.59. The van der Waals surface area contributed by atoms with Gasteiger partial charge in [0.1, 0.15) is 0 Å². The number of aliphatic hydroxyl groups is 1. The number of benzene rings is 1. The molecule has 3 heteroatoms. The van der Waals surface area contributed by atoms with Gasteiger partial charge >= 0.3 is 0 Å². The zero-order chi connectivity index (χ0) is 12.1. The van der Waals surface area contributed by atoms with E-state index in [1.165, 1.54) is 6.08 Å². The van der Waals surface area contributed by atoms with Gasteiger partial charge in [0.25, 0.3) is 0 Å². The van der Waals surface area contributed by atoms with E-state index in [9.17, 15) is 9.90 Å². The van der Waals surface area contributed by atoms with Crippen LogP contribution in [0.4, 0.5) is 0 Å². The topological polar surface area (TPSA) is 49.3 Å². The Morgan fingerprint density at radius 1 is 1.29 bits per heavy atom. The number of amides is 1. The van der Waals surface area contributed by atoms with Gasteiger partial charge < -0.3 is 10.4 Å². The minimum atomic E-state index is -0.385. The minimum Gasteiger partial charge on any atom is -0.391 e. The summed E-state index contributed by atoms with van der Waals surface area (Å²) in [6.07, 6.45) is 5.54. The third-order valence-electron chi connectivity index (χ3n) is 3.03. The zero-order valence-electron chi connectivity index (χ0n) is 9.67. The van der Waals surface area contributed by atoms with E-state index in [0.717, 1.165) is 24.8 Å². The first-order valence-corrected chi connectivity index (χ1v) is 5.97. The van der Waals surface area contributed by atoms with Crippen LogP contribution in [0.1, 0.15) is 24.8 Å². The minimum absolute atomic E-state index is 0.0806. The van der Waals surface area contributed by atoms with E-state index in [4.69, 9.17) is 0 Å². The Hall–Kier alpha value is -1.61. The zero-order valence-corrected chi connectivity index (χ0v) is 9.67. The van der Waals surface area contributed by atoms with E-state index in [1.807, 2.05) is 30.3 Å². The van der Waals surface area contributed by atoms with Crippen LogP contribution in [0.3, 0.4) is 0 Å². The molecular formula is C14H17NO2. The van der Waals surface area contributed by atoms with Crippen molar-refractivity contribution in [2.24, 2.45) is 0 Å². The second-order valence-electron chi connectivity index (χ2n) is 4.36. The lowest BCUT2D eigenvalue weighted by atomic mass is 10.2. The normalized spacial score (nSPS) is 24.1. The molecule has 0 spiro atoms. The number of nitrogens with one attached hydrogen (secondary N) is 1. The molecule has 2 atom stereocenters. The highest BCUT2D eigenvalue weighted by atomic mass is 16.3. The molecule has 0 saturated heterocycles. The van der Waals surface area contributed by atoms with Gasteiger partial charge in [-0.3, -0.25) is 4.79 Å². The molecular weight excluding hydrogens is 214 g/mol. The van der Waals surface area contributed by atoms with Crippen LogP contribution in [0, 0.1) is 0 Å². The Morgan fingerprint density at radius 3 is 2.71 bits per heavy atom. The van der Waals surface area contributed by atoms with Crippen molar-refractivity contribution in [1.82, 2.24) is 5.32 Å². The highest BCUT2D eigenvalue weighted by Crippen LogP contribution is 2.18. The molecule has 2 N–H and O–H groups in total. The summed E-state index contributed by atoms with van der Waals surface area (Å²) in [5.41, 5.74) is 0.995. The van der Waals surface area contributed by atoms with Crippen LogP contribution in [-0.4, -0.2) is 23.2 Å². The molecule has 2 rings (SSSR count). The van der Waals surface area contributed by atoms with E-state index in [1.54, 1.807) is 6.08 Å². The van der Waals surface area contributed by atoms with Gasteiger partial charge in [0.05, 0.1) is 12.1 Å². The first-order chi connectivity index (χ1) is 8.25. The number of carbonyl (C=O) groups is 1. The summed E-state index contributed by atoms with van der Waals surface area (Å²) in [7, 11) is 0. The third-order valence-corrected chi connectivity index (χ3v) is 3.03. The largest absolute Gasteiger partial charge is 0.391 e. The Bertz CT molecular complexity index is 400. The molecule has 1 saturated carbocycles. The molecule has 1 amide bonds. The first kappa shape index (κ1) is 11.9. The first-order valence-electron chi connectivity index (χ1n) is 5.97. The van der Waals surface area contributed by atoms with Gasteiger partial charge in [0.15, 0.2) is 0 Å². The van der Waals surface area contributed by atoms with Gasteiger partial charge in [0.2, 0.25) is 5.91 Å². The number of hydrogen-bond acceptors (Lipinski definition) is 2. The standard InChI is InChI=1S/C14H17NO2/c16-13-8-4-7-12(13)15-14(17)10-9-11-5-2-1-3-6-11/h1-3,5-6,9-10,12-13,16H,4,7-8H2,(H,15,17)/b10-9+/t12-,13+/m1/s1. The molecule has 1 aromatic carbocycles. The summed E-state index contributed by atoms with van der Waals surface area (Å²) < 4.78 is 0. The van der Waals surface area contributed by atoms with Crippen LogP contribution in [-0.2, 0) is 4.79 Å². The summed E-state index contributed by atoms with van der Waals surface area (Å²) >= 11 is 0. The molecule has 3 nitrogen and oxygen atoms in total. The van der Waals surface area contributed by atoms with Crippen LogP contribution in [0.5, 0.6) is 0 Å². The second-order valence-corrected chi connectivity index (χ2v) is 4.36. The van der Waals surface area contributed by atoms with E-state index >= 15 is 0 Å². The quantitative estimate of drug-likeness (QED) is 0.778. The van der Waals surface area contributed by atoms with Gasteiger partial charge in [-0.2, -0.15) is 0 Å². The number of carbonyl (C=O) groups excluding carboxylic acids is 1. The van der Waals surface area contributed by atoms with Gasteiger partial charge in [-0.25, -0.2) is 0 Å². The fourth-order valence-electron chi connectivity index (χ4n) is 2.08.